The lowest BCUT2D eigenvalue weighted by atomic mass is 10.2. The molecule has 6 heteroatoms. The molecule has 4 rings (SSSR count). The van der Waals surface area contributed by atoms with E-state index in [1.807, 2.05) is 48.5 Å². The van der Waals surface area contributed by atoms with Crippen molar-refractivity contribution in [2.24, 2.45) is 0 Å². The van der Waals surface area contributed by atoms with Crippen LogP contribution in [0, 0.1) is 11.3 Å². The van der Waals surface area contributed by atoms with Crippen LogP contribution >= 0.6 is 0 Å². The van der Waals surface area contributed by atoms with Crippen LogP contribution < -0.4 is 10.6 Å². The third-order valence-electron chi connectivity index (χ3n) is 4.58. The number of hydrogen-bond acceptors (Lipinski definition) is 6. The van der Waals surface area contributed by atoms with Gasteiger partial charge in [-0.25, -0.2) is 9.97 Å². The number of benzene rings is 2. The van der Waals surface area contributed by atoms with Crippen molar-refractivity contribution < 1.29 is 4.74 Å². The molecule has 28 heavy (non-hydrogen) atoms. The van der Waals surface area contributed by atoms with Crippen LogP contribution in [0.3, 0.4) is 0 Å². The van der Waals surface area contributed by atoms with E-state index < -0.39 is 0 Å². The molecular weight excluding hydrogens is 350 g/mol. The quantitative estimate of drug-likeness (QED) is 0.670. The Hall–Kier alpha value is -3.43. The van der Waals surface area contributed by atoms with E-state index in [4.69, 9.17) is 10.00 Å². The zero-order chi connectivity index (χ0) is 19.2. The Morgan fingerprint density at radius 3 is 2.54 bits per heavy atom. The summed E-state index contributed by atoms with van der Waals surface area (Å²) in [6.07, 6.45) is 2.40. The van der Waals surface area contributed by atoms with Gasteiger partial charge in [-0.15, -0.1) is 0 Å². The first kappa shape index (κ1) is 18.0. The molecule has 2 heterocycles. The van der Waals surface area contributed by atoms with E-state index in [1.165, 1.54) is 0 Å². The maximum atomic E-state index is 8.96. The lowest BCUT2D eigenvalue weighted by molar-refractivity contribution is 0.120. The van der Waals surface area contributed by atoms with Crippen LogP contribution in [0.4, 0.5) is 17.3 Å². The highest BCUT2D eigenvalue weighted by molar-refractivity contribution is 5.65. The van der Waals surface area contributed by atoms with Crippen LogP contribution in [0.25, 0.3) is 11.4 Å². The first-order valence-electron chi connectivity index (χ1n) is 9.37. The number of aromatic nitrogens is 2. The summed E-state index contributed by atoms with van der Waals surface area (Å²) in [7, 11) is 0. The molecule has 2 N–H and O–H groups in total. The molecule has 2 aromatic carbocycles. The fraction of sp³-hybridized carbons (Fsp3) is 0.227. The minimum atomic E-state index is 0.227. The van der Waals surface area contributed by atoms with Crippen LogP contribution in [0.5, 0.6) is 0 Å². The van der Waals surface area contributed by atoms with Gasteiger partial charge in [0.15, 0.2) is 5.82 Å². The number of nitrogens with one attached hydrogen (secondary N) is 2. The van der Waals surface area contributed by atoms with Crippen molar-refractivity contribution in [1.29, 1.82) is 5.26 Å². The van der Waals surface area contributed by atoms with Crippen LogP contribution in [0.1, 0.15) is 18.4 Å². The van der Waals surface area contributed by atoms with Crippen molar-refractivity contribution in [2.45, 2.75) is 18.9 Å². The SMILES string of the molecule is N#Cc1ccc(Nc2cc(NCC3CCCO3)nc(-c3ccccc3)n2)cc1. The van der Waals surface area contributed by atoms with Crippen LogP contribution in [-0.4, -0.2) is 29.2 Å². The van der Waals surface area contributed by atoms with Crippen molar-refractivity contribution in [2.75, 3.05) is 23.8 Å². The Morgan fingerprint density at radius 2 is 1.82 bits per heavy atom. The average Bonchev–Trinajstić information content (AvgIpc) is 3.27. The number of ether oxygens (including phenoxy) is 1. The summed E-state index contributed by atoms with van der Waals surface area (Å²) in [5, 5.41) is 15.6. The fourth-order valence-corrected chi connectivity index (χ4v) is 3.12. The van der Waals surface area contributed by atoms with Crippen molar-refractivity contribution in [1.82, 2.24) is 9.97 Å². The van der Waals surface area contributed by atoms with E-state index in [-0.39, 0.29) is 6.10 Å². The summed E-state index contributed by atoms with van der Waals surface area (Å²) < 4.78 is 5.69. The summed E-state index contributed by atoms with van der Waals surface area (Å²) in [5.74, 6) is 2.09. The molecule has 3 aromatic rings. The van der Waals surface area contributed by atoms with Crippen LogP contribution in [0.15, 0.2) is 60.7 Å². The van der Waals surface area contributed by atoms with Crippen molar-refractivity contribution in [3.63, 3.8) is 0 Å². The van der Waals surface area contributed by atoms with E-state index in [2.05, 4.69) is 26.7 Å². The maximum Gasteiger partial charge on any atom is 0.163 e. The van der Waals surface area contributed by atoms with Gasteiger partial charge >= 0.3 is 0 Å². The predicted octanol–water partition coefficient (Wildman–Crippen LogP) is 4.35. The van der Waals surface area contributed by atoms with E-state index >= 15 is 0 Å². The van der Waals surface area contributed by atoms with Crippen LogP contribution in [0.2, 0.25) is 0 Å². The Kier molecular flexibility index (Phi) is 5.46. The monoisotopic (exact) mass is 371 g/mol. The third-order valence-corrected chi connectivity index (χ3v) is 4.58. The van der Waals surface area contributed by atoms with Crippen molar-refractivity contribution in [3.8, 4) is 17.5 Å². The molecule has 1 saturated heterocycles. The first-order valence-corrected chi connectivity index (χ1v) is 9.37. The second-order valence-corrected chi connectivity index (χ2v) is 6.66. The highest BCUT2D eigenvalue weighted by atomic mass is 16.5. The molecule has 0 saturated carbocycles. The van der Waals surface area contributed by atoms with Crippen LogP contribution in [-0.2, 0) is 4.74 Å². The lowest BCUT2D eigenvalue weighted by Crippen LogP contribution is -2.19. The number of rotatable bonds is 6. The Bertz CT molecular complexity index is 960. The molecule has 6 nitrogen and oxygen atoms in total. The van der Waals surface area contributed by atoms with Gasteiger partial charge in [-0.1, -0.05) is 30.3 Å². The number of hydrogen-bond donors (Lipinski definition) is 2. The molecule has 1 aliphatic rings. The van der Waals surface area contributed by atoms with Gasteiger partial charge in [0.25, 0.3) is 0 Å². The predicted molar refractivity (Wildman–Crippen MR) is 109 cm³/mol. The van der Waals surface area contributed by atoms with Crippen molar-refractivity contribution >= 4 is 17.3 Å². The average molecular weight is 371 g/mol. The summed E-state index contributed by atoms with van der Waals surface area (Å²) in [6, 6.07) is 21.2. The minimum absolute atomic E-state index is 0.227. The van der Waals surface area contributed by atoms with Gasteiger partial charge < -0.3 is 15.4 Å². The van der Waals surface area contributed by atoms with Gasteiger partial charge in [0.2, 0.25) is 0 Å². The summed E-state index contributed by atoms with van der Waals surface area (Å²) in [4.78, 5) is 9.34. The Morgan fingerprint density at radius 1 is 1.04 bits per heavy atom. The van der Waals surface area contributed by atoms with Crippen molar-refractivity contribution in [3.05, 3.63) is 66.2 Å². The topological polar surface area (TPSA) is 82.9 Å². The van der Waals surface area contributed by atoms with Gasteiger partial charge in [-0.3, -0.25) is 0 Å². The second kappa shape index (κ2) is 8.51. The molecule has 0 spiro atoms. The molecule has 0 radical (unpaired) electrons. The highest BCUT2D eigenvalue weighted by Crippen LogP contribution is 2.23. The maximum absolute atomic E-state index is 8.96. The van der Waals surface area contributed by atoms with Gasteiger partial charge in [0, 0.05) is 30.5 Å². The zero-order valence-electron chi connectivity index (χ0n) is 15.4. The fourth-order valence-electron chi connectivity index (χ4n) is 3.12. The summed E-state index contributed by atoms with van der Waals surface area (Å²) in [5.41, 5.74) is 2.44. The molecule has 1 atom stereocenters. The number of nitrogens with zero attached hydrogens (tertiary/aromatic N) is 3. The molecule has 1 aliphatic heterocycles. The Balaban J connectivity index is 1.59. The smallest absolute Gasteiger partial charge is 0.163 e. The van der Waals surface area contributed by atoms with Gasteiger partial charge in [-0.05, 0) is 37.1 Å². The van der Waals surface area contributed by atoms with Gasteiger partial charge in [0.1, 0.15) is 11.6 Å². The standard InChI is InChI=1S/C22H21N5O/c23-14-16-8-10-18(11-9-16)25-21-13-20(24-15-19-7-4-12-28-19)26-22(27-21)17-5-2-1-3-6-17/h1-3,5-6,8-11,13,19H,4,7,12,15H2,(H2,24,25,26,27). The zero-order valence-corrected chi connectivity index (χ0v) is 15.4. The Labute approximate surface area is 164 Å². The van der Waals surface area contributed by atoms with Gasteiger partial charge in [-0.2, -0.15) is 5.26 Å². The lowest BCUT2D eigenvalue weighted by Gasteiger charge is -2.14. The number of nitriles is 1. The molecule has 1 fully saturated rings. The highest BCUT2D eigenvalue weighted by Gasteiger charge is 2.16. The molecule has 0 aliphatic carbocycles. The van der Waals surface area contributed by atoms with E-state index in [0.717, 1.165) is 43.1 Å². The van der Waals surface area contributed by atoms with E-state index in [9.17, 15) is 0 Å². The molecule has 1 aromatic heterocycles. The summed E-state index contributed by atoms with van der Waals surface area (Å²) >= 11 is 0. The van der Waals surface area contributed by atoms with E-state index in [1.54, 1.807) is 12.1 Å². The molecule has 0 amide bonds. The minimum Gasteiger partial charge on any atom is -0.376 e. The number of anilines is 3. The van der Waals surface area contributed by atoms with Gasteiger partial charge in [0.05, 0.1) is 17.7 Å². The largest absolute Gasteiger partial charge is 0.376 e. The first-order chi connectivity index (χ1) is 13.8. The third kappa shape index (κ3) is 4.45. The normalized spacial score (nSPS) is 15.8. The summed E-state index contributed by atoms with van der Waals surface area (Å²) in [6.45, 7) is 1.55. The molecular formula is C22H21N5O. The molecule has 1 unspecified atom stereocenters. The second-order valence-electron chi connectivity index (χ2n) is 6.66. The molecule has 0 bridgehead atoms. The van der Waals surface area contributed by atoms with E-state index in [0.29, 0.717) is 17.2 Å². The molecule has 140 valence electrons.